The van der Waals surface area contributed by atoms with Crippen molar-refractivity contribution in [1.29, 1.82) is 0 Å². The molecule has 2 atom stereocenters. The SMILES string of the molecule is CN(/N=C/c1cccc(C(F)(F)F)c1)[C@@H]1CCCC[C@H]1O. The van der Waals surface area contributed by atoms with Gasteiger partial charge in [0.15, 0.2) is 0 Å². The molecule has 21 heavy (non-hydrogen) atoms. The van der Waals surface area contributed by atoms with Crippen LogP contribution in [0.15, 0.2) is 29.4 Å². The van der Waals surface area contributed by atoms with E-state index in [1.807, 2.05) is 0 Å². The first kappa shape index (κ1) is 15.8. The highest BCUT2D eigenvalue weighted by Gasteiger charge is 2.30. The van der Waals surface area contributed by atoms with Crippen LogP contribution in [0.4, 0.5) is 13.2 Å². The molecular formula is C15H19F3N2O. The Hall–Kier alpha value is -1.56. The number of aliphatic hydroxyl groups excluding tert-OH is 1. The largest absolute Gasteiger partial charge is 0.416 e. The summed E-state index contributed by atoms with van der Waals surface area (Å²) in [6, 6.07) is 4.96. The van der Waals surface area contributed by atoms with E-state index in [4.69, 9.17) is 0 Å². The summed E-state index contributed by atoms with van der Waals surface area (Å²) in [7, 11) is 1.74. The fraction of sp³-hybridized carbons (Fsp3) is 0.533. The second-order valence-corrected chi connectivity index (χ2v) is 5.36. The van der Waals surface area contributed by atoms with Crippen LogP contribution in [-0.4, -0.2) is 35.5 Å². The highest BCUT2D eigenvalue weighted by molar-refractivity contribution is 5.79. The highest BCUT2D eigenvalue weighted by atomic mass is 19.4. The van der Waals surface area contributed by atoms with Gasteiger partial charge in [0.25, 0.3) is 0 Å². The van der Waals surface area contributed by atoms with Gasteiger partial charge in [-0.3, -0.25) is 5.01 Å². The number of nitrogens with zero attached hydrogens (tertiary/aromatic N) is 2. The Balaban J connectivity index is 2.06. The Morgan fingerprint density at radius 2 is 2.00 bits per heavy atom. The average Bonchev–Trinajstić information content (AvgIpc) is 2.45. The number of hydrogen-bond donors (Lipinski definition) is 1. The molecule has 0 amide bonds. The van der Waals surface area contributed by atoms with Gasteiger partial charge < -0.3 is 5.11 Å². The van der Waals surface area contributed by atoms with Crippen LogP contribution in [-0.2, 0) is 6.18 Å². The Kier molecular flexibility index (Phi) is 4.88. The lowest BCUT2D eigenvalue weighted by Gasteiger charge is -2.33. The van der Waals surface area contributed by atoms with Crippen LogP contribution in [0.1, 0.15) is 36.8 Å². The summed E-state index contributed by atoms with van der Waals surface area (Å²) in [5.74, 6) is 0. The van der Waals surface area contributed by atoms with E-state index < -0.39 is 17.8 Å². The molecule has 1 aromatic carbocycles. The van der Waals surface area contributed by atoms with E-state index in [-0.39, 0.29) is 6.04 Å². The zero-order chi connectivity index (χ0) is 15.5. The maximum Gasteiger partial charge on any atom is 0.416 e. The van der Waals surface area contributed by atoms with Gasteiger partial charge in [0.1, 0.15) is 0 Å². The molecule has 1 saturated carbocycles. The molecule has 0 heterocycles. The van der Waals surface area contributed by atoms with Crippen molar-refractivity contribution in [2.45, 2.75) is 44.0 Å². The molecular weight excluding hydrogens is 281 g/mol. The lowest BCUT2D eigenvalue weighted by Crippen LogP contribution is -2.40. The van der Waals surface area contributed by atoms with Crippen LogP contribution in [0, 0.1) is 0 Å². The molecule has 0 spiro atoms. The Labute approximate surface area is 122 Å². The standard InChI is InChI=1S/C15H19F3N2O/c1-20(13-7-2-3-8-14(13)21)19-10-11-5-4-6-12(9-11)15(16,17)18/h4-6,9-10,13-14,21H,2-3,7-8H2,1H3/b19-10+/t13-,14-/m1/s1. The van der Waals surface area contributed by atoms with Crippen molar-refractivity contribution in [3.05, 3.63) is 35.4 Å². The van der Waals surface area contributed by atoms with Crippen LogP contribution in [0.25, 0.3) is 0 Å². The van der Waals surface area contributed by atoms with Gasteiger partial charge in [0.2, 0.25) is 0 Å². The highest BCUT2D eigenvalue weighted by Crippen LogP contribution is 2.29. The van der Waals surface area contributed by atoms with Crippen molar-refractivity contribution < 1.29 is 18.3 Å². The molecule has 1 N–H and O–H groups in total. The van der Waals surface area contributed by atoms with Crippen molar-refractivity contribution in [2.24, 2.45) is 5.10 Å². The topological polar surface area (TPSA) is 35.8 Å². The van der Waals surface area contributed by atoms with E-state index in [0.717, 1.165) is 37.8 Å². The van der Waals surface area contributed by atoms with Crippen molar-refractivity contribution in [2.75, 3.05) is 7.05 Å². The monoisotopic (exact) mass is 300 g/mol. The van der Waals surface area contributed by atoms with Crippen molar-refractivity contribution >= 4 is 6.21 Å². The van der Waals surface area contributed by atoms with Gasteiger partial charge >= 0.3 is 6.18 Å². The van der Waals surface area contributed by atoms with Gasteiger partial charge in [-0.05, 0) is 30.5 Å². The van der Waals surface area contributed by atoms with Crippen molar-refractivity contribution in [1.82, 2.24) is 5.01 Å². The smallest absolute Gasteiger partial charge is 0.391 e. The molecule has 3 nitrogen and oxygen atoms in total. The van der Waals surface area contributed by atoms with Crippen LogP contribution >= 0.6 is 0 Å². The second kappa shape index (κ2) is 6.47. The summed E-state index contributed by atoms with van der Waals surface area (Å²) in [5.41, 5.74) is -0.297. The molecule has 6 heteroatoms. The van der Waals surface area contributed by atoms with E-state index in [1.165, 1.54) is 12.3 Å². The van der Waals surface area contributed by atoms with Crippen LogP contribution in [0.5, 0.6) is 0 Å². The third-order valence-corrected chi connectivity index (χ3v) is 3.78. The zero-order valence-corrected chi connectivity index (χ0v) is 11.8. The first-order valence-corrected chi connectivity index (χ1v) is 7.00. The maximum atomic E-state index is 12.6. The van der Waals surface area contributed by atoms with Gasteiger partial charge in [0, 0.05) is 7.05 Å². The first-order chi connectivity index (χ1) is 9.88. The summed E-state index contributed by atoms with van der Waals surface area (Å²) in [6.07, 6.45) is 0.244. The normalized spacial score (nSPS) is 23.5. The van der Waals surface area contributed by atoms with E-state index in [1.54, 1.807) is 18.1 Å². The molecule has 0 saturated heterocycles. The fourth-order valence-electron chi connectivity index (χ4n) is 2.57. The van der Waals surface area contributed by atoms with Crippen LogP contribution in [0.2, 0.25) is 0 Å². The predicted molar refractivity (Wildman–Crippen MR) is 75.1 cm³/mol. The molecule has 0 unspecified atom stereocenters. The van der Waals surface area contributed by atoms with Crippen LogP contribution < -0.4 is 0 Å². The molecule has 0 aliphatic heterocycles. The van der Waals surface area contributed by atoms with Crippen LogP contribution in [0.3, 0.4) is 0 Å². The minimum atomic E-state index is -4.35. The Bertz CT molecular complexity index is 502. The lowest BCUT2D eigenvalue weighted by molar-refractivity contribution is -0.137. The molecule has 0 radical (unpaired) electrons. The zero-order valence-electron chi connectivity index (χ0n) is 11.8. The Morgan fingerprint density at radius 3 is 2.67 bits per heavy atom. The third kappa shape index (κ3) is 4.20. The quantitative estimate of drug-likeness (QED) is 0.687. The van der Waals surface area contributed by atoms with Gasteiger partial charge in [-0.25, -0.2) is 0 Å². The van der Waals surface area contributed by atoms with Gasteiger partial charge in [-0.2, -0.15) is 18.3 Å². The molecule has 0 bridgehead atoms. The number of aliphatic hydroxyl groups is 1. The maximum absolute atomic E-state index is 12.6. The molecule has 0 aromatic heterocycles. The van der Waals surface area contributed by atoms with E-state index in [9.17, 15) is 18.3 Å². The van der Waals surface area contributed by atoms with E-state index >= 15 is 0 Å². The molecule has 1 aromatic rings. The average molecular weight is 300 g/mol. The number of halogens is 3. The summed E-state index contributed by atoms with van der Waals surface area (Å²) in [6.45, 7) is 0. The number of alkyl halides is 3. The van der Waals surface area contributed by atoms with Gasteiger partial charge in [-0.1, -0.05) is 25.0 Å². The second-order valence-electron chi connectivity index (χ2n) is 5.36. The number of likely N-dealkylation sites (N-methyl/N-ethyl adjacent to an activating group) is 1. The minimum Gasteiger partial charge on any atom is -0.391 e. The molecule has 1 fully saturated rings. The molecule has 1 aliphatic rings. The lowest BCUT2D eigenvalue weighted by atomic mass is 9.92. The number of benzene rings is 1. The van der Waals surface area contributed by atoms with Gasteiger partial charge in [-0.15, -0.1) is 0 Å². The summed E-state index contributed by atoms with van der Waals surface area (Å²) in [5, 5.41) is 15.7. The summed E-state index contributed by atoms with van der Waals surface area (Å²) >= 11 is 0. The number of hydrazone groups is 1. The number of rotatable bonds is 3. The number of hydrogen-bond acceptors (Lipinski definition) is 3. The first-order valence-electron chi connectivity index (χ1n) is 7.00. The van der Waals surface area contributed by atoms with E-state index in [2.05, 4.69) is 5.10 Å². The van der Waals surface area contributed by atoms with Gasteiger partial charge in [0.05, 0.1) is 23.9 Å². The minimum absolute atomic E-state index is 0.0687. The molecule has 2 rings (SSSR count). The Morgan fingerprint density at radius 1 is 1.29 bits per heavy atom. The fourth-order valence-corrected chi connectivity index (χ4v) is 2.57. The summed E-state index contributed by atoms with van der Waals surface area (Å²) in [4.78, 5) is 0. The molecule has 1 aliphatic carbocycles. The third-order valence-electron chi connectivity index (χ3n) is 3.78. The van der Waals surface area contributed by atoms with Crippen molar-refractivity contribution in [3.8, 4) is 0 Å². The summed E-state index contributed by atoms with van der Waals surface area (Å²) < 4.78 is 37.9. The molecule has 116 valence electrons. The predicted octanol–water partition coefficient (Wildman–Crippen LogP) is 3.27. The van der Waals surface area contributed by atoms with Crippen molar-refractivity contribution in [3.63, 3.8) is 0 Å². The van der Waals surface area contributed by atoms with E-state index in [0.29, 0.717) is 5.56 Å².